The highest BCUT2D eigenvalue weighted by molar-refractivity contribution is 6.04. The van der Waals surface area contributed by atoms with Crippen molar-refractivity contribution in [3.8, 4) is 11.5 Å². The van der Waals surface area contributed by atoms with E-state index >= 15 is 0 Å². The molecule has 0 saturated carbocycles. The lowest BCUT2D eigenvalue weighted by Gasteiger charge is -2.07. The number of nitro groups is 1. The number of nitrogens with one attached hydrogen (secondary N) is 1. The number of nitro benzene ring substituents is 1. The van der Waals surface area contributed by atoms with E-state index in [2.05, 4.69) is 5.32 Å². The molecule has 0 atom stereocenters. The topological polar surface area (TPSA) is 130 Å². The molecule has 3 aromatic rings. The summed E-state index contributed by atoms with van der Waals surface area (Å²) in [7, 11) is 0. The highest BCUT2D eigenvalue weighted by Gasteiger charge is 2.10. The van der Waals surface area contributed by atoms with Gasteiger partial charge >= 0.3 is 0 Å². The molecular formula is C24H22N2O6. The van der Waals surface area contributed by atoms with E-state index in [0.717, 1.165) is 11.1 Å². The van der Waals surface area contributed by atoms with Gasteiger partial charge in [-0.1, -0.05) is 18.2 Å². The minimum atomic E-state index is -0.524. The molecule has 0 bridgehead atoms. The Bertz CT molecular complexity index is 1120. The predicted octanol–water partition coefficient (Wildman–Crippen LogP) is 4.39. The molecule has 0 aliphatic carbocycles. The third-order valence-electron chi connectivity index (χ3n) is 4.98. The lowest BCUT2D eigenvalue weighted by Crippen LogP contribution is -2.11. The molecule has 3 N–H and O–H groups in total. The van der Waals surface area contributed by atoms with Gasteiger partial charge < -0.3 is 15.5 Å². The second kappa shape index (κ2) is 10.2. The Balaban J connectivity index is 1.46. The summed E-state index contributed by atoms with van der Waals surface area (Å²) in [5.41, 5.74) is 2.54. The smallest absolute Gasteiger partial charge is 0.269 e. The summed E-state index contributed by atoms with van der Waals surface area (Å²) in [5, 5.41) is 32.3. The molecule has 0 heterocycles. The van der Waals surface area contributed by atoms with E-state index in [1.165, 1.54) is 36.4 Å². The average Bonchev–Trinajstić information content (AvgIpc) is 2.79. The zero-order chi connectivity index (χ0) is 23.1. The zero-order valence-corrected chi connectivity index (χ0v) is 17.2. The van der Waals surface area contributed by atoms with E-state index in [1.54, 1.807) is 18.2 Å². The van der Waals surface area contributed by atoms with Crippen LogP contribution in [-0.4, -0.2) is 26.8 Å². The molecule has 0 radical (unpaired) electrons. The van der Waals surface area contributed by atoms with Crippen molar-refractivity contribution in [2.75, 3.05) is 5.32 Å². The number of hydrogen-bond acceptors (Lipinski definition) is 6. The number of hydrogen-bond donors (Lipinski definition) is 3. The molecular weight excluding hydrogens is 412 g/mol. The number of ketones is 1. The van der Waals surface area contributed by atoms with Crippen molar-refractivity contribution in [3.63, 3.8) is 0 Å². The van der Waals surface area contributed by atoms with Crippen molar-refractivity contribution in [2.24, 2.45) is 0 Å². The lowest BCUT2D eigenvalue weighted by atomic mass is 10.0. The van der Waals surface area contributed by atoms with E-state index < -0.39 is 4.92 Å². The van der Waals surface area contributed by atoms with E-state index in [1.807, 2.05) is 12.1 Å². The fourth-order valence-corrected chi connectivity index (χ4v) is 3.11. The van der Waals surface area contributed by atoms with Gasteiger partial charge in [0.2, 0.25) is 0 Å². The van der Waals surface area contributed by atoms with Gasteiger partial charge in [0.25, 0.3) is 11.6 Å². The quantitative estimate of drug-likeness (QED) is 0.260. The van der Waals surface area contributed by atoms with Gasteiger partial charge in [0, 0.05) is 36.2 Å². The number of amides is 1. The van der Waals surface area contributed by atoms with Crippen LogP contribution in [0.5, 0.6) is 11.5 Å². The number of Topliss-reactive ketones (excluding diaryl/α,β-unsaturated/α-hetero) is 1. The van der Waals surface area contributed by atoms with Crippen molar-refractivity contribution in [2.45, 2.75) is 25.7 Å². The second-order valence-corrected chi connectivity index (χ2v) is 7.32. The summed E-state index contributed by atoms with van der Waals surface area (Å²) < 4.78 is 0. The first-order valence-electron chi connectivity index (χ1n) is 9.99. The van der Waals surface area contributed by atoms with Crippen LogP contribution in [0.4, 0.5) is 11.4 Å². The fourth-order valence-electron chi connectivity index (χ4n) is 3.11. The molecule has 0 spiro atoms. The molecule has 0 aliphatic rings. The van der Waals surface area contributed by atoms with Crippen LogP contribution in [0.2, 0.25) is 0 Å². The molecule has 0 aliphatic heterocycles. The fraction of sp³-hybridized carbons (Fsp3) is 0.167. The number of carbonyl (C=O) groups is 2. The number of phenols is 2. The van der Waals surface area contributed by atoms with Crippen molar-refractivity contribution < 1.29 is 24.7 Å². The number of carbonyl (C=O) groups excluding carboxylic acids is 2. The van der Waals surface area contributed by atoms with Gasteiger partial charge in [-0.05, 0) is 60.4 Å². The predicted molar refractivity (Wildman–Crippen MR) is 119 cm³/mol. The van der Waals surface area contributed by atoms with Crippen LogP contribution in [0.15, 0.2) is 66.7 Å². The number of aryl methyl sites for hydroxylation is 2. The van der Waals surface area contributed by atoms with Gasteiger partial charge in [0.05, 0.1) is 4.92 Å². The number of benzene rings is 3. The number of non-ortho nitro benzene ring substituents is 1. The zero-order valence-electron chi connectivity index (χ0n) is 17.2. The van der Waals surface area contributed by atoms with Crippen LogP contribution in [0.3, 0.4) is 0 Å². The minimum Gasteiger partial charge on any atom is -0.504 e. The molecule has 0 aromatic heterocycles. The van der Waals surface area contributed by atoms with Gasteiger partial charge in [0.1, 0.15) is 5.78 Å². The Morgan fingerprint density at radius 1 is 0.812 bits per heavy atom. The van der Waals surface area contributed by atoms with Crippen LogP contribution in [0.25, 0.3) is 0 Å². The molecule has 8 nitrogen and oxygen atoms in total. The Kier molecular flexibility index (Phi) is 7.17. The Hall–Kier alpha value is -4.20. The summed E-state index contributed by atoms with van der Waals surface area (Å²) in [6, 6.07) is 17.0. The molecule has 3 aromatic carbocycles. The maximum Gasteiger partial charge on any atom is 0.269 e. The van der Waals surface area contributed by atoms with Gasteiger partial charge in [0.15, 0.2) is 11.5 Å². The van der Waals surface area contributed by atoms with Crippen LogP contribution < -0.4 is 5.32 Å². The van der Waals surface area contributed by atoms with Crippen molar-refractivity contribution in [1.82, 2.24) is 0 Å². The molecule has 8 heteroatoms. The number of phenolic OH excluding ortho intramolecular Hbond substituents is 2. The van der Waals surface area contributed by atoms with Crippen LogP contribution in [-0.2, 0) is 17.6 Å². The first kappa shape index (κ1) is 22.5. The van der Waals surface area contributed by atoms with Crippen LogP contribution >= 0.6 is 0 Å². The Morgan fingerprint density at radius 3 is 2.00 bits per heavy atom. The van der Waals surface area contributed by atoms with Gasteiger partial charge in [-0.2, -0.15) is 0 Å². The van der Waals surface area contributed by atoms with E-state index in [9.17, 15) is 29.9 Å². The largest absolute Gasteiger partial charge is 0.504 e. The standard InChI is InChI=1S/C24H22N2O6/c27-21(13-4-17-5-14-22(28)23(29)15-17)12-3-16-1-8-19(9-2-16)25-24(30)18-6-10-20(11-7-18)26(31)32/h1-2,5-11,14-15,28-29H,3-4,12-13H2,(H,25,30). The van der Waals surface area contributed by atoms with Gasteiger partial charge in [-0.25, -0.2) is 0 Å². The first-order valence-corrected chi connectivity index (χ1v) is 9.99. The maximum atomic E-state index is 12.3. The summed E-state index contributed by atoms with van der Waals surface area (Å²) in [6.07, 6.45) is 1.77. The highest BCUT2D eigenvalue weighted by Crippen LogP contribution is 2.25. The van der Waals surface area contributed by atoms with Crippen LogP contribution in [0, 0.1) is 10.1 Å². The van der Waals surface area contributed by atoms with Gasteiger partial charge in [-0.15, -0.1) is 0 Å². The Labute approximate surface area is 184 Å². The molecule has 0 unspecified atom stereocenters. The summed E-state index contributed by atoms with van der Waals surface area (Å²) >= 11 is 0. The lowest BCUT2D eigenvalue weighted by molar-refractivity contribution is -0.384. The van der Waals surface area contributed by atoms with E-state index in [-0.39, 0.29) is 28.9 Å². The Morgan fingerprint density at radius 2 is 1.41 bits per heavy atom. The first-order chi connectivity index (χ1) is 15.3. The summed E-state index contributed by atoms with van der Waals surface area (Å²) in [6.45, 7) is 0. The van der Waals surface area contributed by atoms with Crippen molar-refractivity contribution in [1.29, 1.82) is 0 Å². The number of rotatable bonds is 9. The van der Waals surface area contributed by atoms with Crippen LogP contribution in [0.1, 0.15) is 34.3 Å². The normalized spacial score (nSPS) is 10.5. The SMILES string of the molecule is O=C(CCc1ccc(NC(=O)c2ccc([N+](=O)[O-])cc2)cc1)CCc1ccc(O)c(O)c1. The minimum absolute atomic E-state index is 0.0818. The third kappa shape index (κ3) is 6.15. The van der Waals surface area contributed by atoms with E-state index in [4.69, 9.17) is 0 Å². The monoisotopic (exact) mass is 434 g/mol. The third-order valence-corrected chi connectivity index (χ3v) is 4.98. The second-order valence-electron chi connectivity index (χ2n) is 7.32. The van der Waals surface area contributed by atoms with Crippen molar-refractivity contribution in [3.05, 3.63) is 93.5 Å². The molecule has 164 valence electrons. The highest BCUT2D eigenvalue weighted by atomic mass is 16.6. The van der Waals surface area contributed by atoms with Gasteiger partial charge in [-0.3, -0.25) is 19.7 Å². The summed E-state index contributed by atoms with van der Waals surface area (Å²) in [4.78, 5) is 34.6. The number of anilines is 1. The molecule has 32 heavy (non-hydrogen) atoms. The molecule has 1 amide bonds. The number of aromatic hydroxyl groups is 2. The molecule has 0 fully saturated rings. The summed E-state index contributed by atoms with van der Waals surface area (Å²) in [5.74, 6) is -0.667. The molecule has 3 rings (SSSR count). The molecule has 0 saturated heterocycles. The average molecular weight is 434 g/mol. The number of nitrogens with zero attached hydrogens (tertiary/aromatic N) is 1. The van der Waals surface area contributed by atoms with E-state index in [0.29, 0.717) is 36.9 Å². The van der Waals surface area contributed by atoms with Crippen molar-refractivity contribution >= 4 is 23.1 Å². The maximum absolute atomic E-state index is 12.3.